The highest BCUT2D eigenvalue weighted by molar-refractivity contribution is 6.07. The van der Waals surface area contributed by atoms with Gasteiger partial charge in [-0.25, -0.2) is 0 Å². The van der Waals surface area contributed by atoms with E-state index in [0.717, 1.165) is 0 Å². The first kappa shape index (κ1) is 27.1. The van der Waals surface area contributed by atoms with Crippen LogP contribution in [0.2, 0.25) is 0 Å². The Morgan fingerprint density at radius 3 is 1.71 bits per heavy atom. The molecule has 1 saturated heterocycles. The molecule has 0 radical (unpaired) electrons. The zero-order valence-electron chi connectivity index (χ0n) is 16.2. The molecule has 2 bridgehead atoms. The van der Waals surface area contributed by atoms with Crippen LogP contribution in [-0.4, -0.2) is 72.1 Å². The summed E-state index contributed by atoms with van der Waals surface area (Å²) in [5.41, 5.74) is -3.53. The second-order valence-electron chi connectivity index (χ2n) is 7.98. The highest BCUT2D eigenvalue weighted by Gasteiger charge is 2.82. The van der Waals surface area contributed by atoms with E-state index >= 15 is 0 Å². The van der Waals surface area contributed by atoms with Gasteiger partial charge in [-0.3, -0.25) is 14.4 Å². The number of aliphatic hydroxyl groups is 1. The summed E-state index contributed by atoms with van der Waals surface area (Å²) < 4.78 is 165. The number of alkyl halides is 12. The first-order valence-corrected chi connectivity index (χ1v) is 9.13. The molecule has 2 saturated carbocycles. The molecule has 1 heterocycles. The molecule has 3 aliphatic rings. The summed E-state index contributed by atoms with van der Waals surface area (Å²) >= 11 is 0. The van der Waals surface area contributed by atoms with E-state index in [0.29, 0.717) is 0 Å². The number of hydrogen-bond donors (Lipinski definition) is 1. The second kappa shape index (κ2) is 7.76. The van der Waals surface area contributed by atoms with Crippen LogP contribution in [0, 0.1) is 23.2 Å². The molecular formula is C16H10F12O7. The lowest BCUT2D eigenvalue weighted by molar-refractivity contribution is -0.319. The number of ether oxygens (including phenoxy) is 3. The van der Waals surface area contributed by atoms with Gasteiger partial charge in [-0.15, -0.1) is 0 Å². The van der Waals surface area contributed by atoms with Crippen LogP contribution in [0.1, 0.15) is 6.42 Å². The third-order valence-corrected chi connectivity index (χ3v) is 6.02. The van der Waals surface area contributed by atoms with Crippen LogP contribution < -0.4 is 0 Å². The molecule has 35 heavy (non-hydrogen) atoms. The number of rotatable bonds is 4. The van der Waals surface area contributed by atoms with Gasteiger partial charge in [0.25, 0.3) is 12.2 Å². The first-order valence-electron chi connectivity index (χ1n) is 9.13. The van der Waals surface area contributed by atoms with Crippen molar-refractivity contribution in [2.75, 3.05) is 0 Å². The van der Waals surface area contributed by atoms with Gasteiger partial charge in [-0.2, -0.15) is 52.7 Å². The summed E-state index contributed by atoms with van der Waals surface area (Å²) in [7, 11) is 0. The molecule has 19 heteroatoms. The van der Waals surface area contributed by atoms with Gasteiger partial charge < -0.3 is 19.3 Å². The molecule has 0 spiro atoms. The average molecular weight is 542 g/mol. The number of carbonyl (C=O) groups is 3. The summed E-state index contributed by atoms with van der Waals surface area (Å²) in [6.45, 7) is 0. The van der Waals surface area contributed by atoms with Crippen LogP contribution >= 0.6 is 0 Å². The average Bonchev–Trinajstić information content (AvgIpc) is 3.21. The van der Waals surface area contributed by atoms with Crippen molar-refractivity contribution in [3.63, 3.8) is 0 Å². The summed E-state index contributed by atoms with van der Waals surface area (Å²) in [5.74, 6) is -14.1. The van der Waals surface area contributed by atoms with E-state index in [1.165, 1.54) is 0 Å². The summed E-state index contributed by atoms with van der Waals surface area (Å²) in [6.07, 6.45) is -39.5. The van der Waals surface area contributed by atoms with Gasteiger partial charge in [0.2, 0.25) is 0 Å². The normalized spacial score (nSPS) is 32.9. The van der Waals surface area contributed by atoms with Crippen molar-refractivity contribution in [1.82, 2.24) is 0 Å². The van der Waals surface area contributed by atoms with Crippen LogP contribution in [0.4, 0.5) is 52.7 Å². The summed E-state index contributed by atoms with van der Waals surface area (Å²) in [5, 5.41) is 10.1. The lowest BCUT2D eigenvalue weighted by Crippen LogP contribution is -2.57. The predicted molar refractivity (Wildman–Crippen MR) is 77.4 cm³/mol. The molecular weight excluding hydrogens is 532 g/mol. The van der Waals surface area contributed by atoms with E-state index in [1.54, 1.807) is 0 Å². The SMILES string of the molecule is O=C(OC(C(F)(F)F)C(F)(F)F)C1C2CC3C(OC(=O)C31C(=O)OC(C(F)(F)F)C(F)(F)F)C2O. The Balaban J connectivity index is 2.05. The molecule has 200 valence electrons. The summed E-state index contributed by atoms with van der Waals surface area (Å²) in [4.78, 5) is 37.4. The Hall–Kier alpha value is -2.47. The fourth-order valence-electron chi connectivity index (χ4n) is 4.80. The topological polar surface area (TPSA) is 99.1 Å². The van der Waals surface area contributed by atoms with Crippen LogP contribution in [0.3, 0.4) is 0 Å². The standard InChI is InChI=1S/C16H10F12O7/c17-13(18,19)8(14(20,21)22)34-7(30)4-2-1-3-6(5(2)29)33-10(31)12(3,4)11(32)35-9(15(23,24)25)16(26,27)28/h2-6,8-9,29H,1H2. The quantitative estimate of drug-likeness (QED) is 0.253. The Labute approximate surface area is 184 Å². The Bertz CT molecular complexity index is 879. The molecule has 0 aromatic rings. The predicted octanol–water partition coefficient (Wildman–Crippen LogP) is 2.60. The lowest BCUT2D eigenvalue weighted by Gasteiger charge is -2.36. The van der Waals surface area contributed by atoms with Crippen molar-refractivity contribution < 1.29 is 86.4 Å². The van der Waals surface area contributed by atoms with Gasteiger partial charge in [0.05, 0.1) is 12.0 Å². The molecule has 2 aliphatic carbocycles. The highest BCUT2D eigenvalue weighted by Crippen LogP contribution is 2.66. The highest BCUT2D eigenvalue weighted by atomic mass is 19.4. The van der Waals surface area contributed by atoms with Crippen molar-refractivity contribution in [1.29, 1.82) is 0 Å². The molecule has 0 amide bonds. The third-order valence-electron chi connectivity index (χ3n) is 6.02. The van der Waals surface area contributed by atoms with E-state index in [1.807, 2.05) is 0 Å². The van der Waals surface area contributed by atoms with Gasteiger partial charge in [0.15, 0.2) is 5.41 Å². The zero-order valence-corrected chi connectivity index (χ0v) is 16.2. The number of carbonyl (C=O) groups excluding carboxylic acids is 3. The molecule has 3 fully saturated rings. The molecule has 3 rings (SSSR count). The van der Waals surface area contributed by atoms with Crippen LogP contribution in [0.5, 0.6) is 0 Å². The molecule has 6 unspecified atom stereocenters. The van der Waals surface area contributed by atoms with E-state index in [2.05, 4.69) is 14.2 Å². The largest absolute Gasteiger partial charge is 0.458 e. The second-order valence-corrected chi connectivity index (χ2v) is 7.98. The minimum absolute atomic E-state index is 0.780. The van der Waals surface area contributed by atoms with E-state index in [-0.39, 0.29) is 0 Å². The Morgan fingerprint density at radius 1 is 0.857 bits per heavy atom. The van der Waals surface area contributed by atoms with Gasteiger partial charge in [0, 0.05) is 11.8 Å². The smallest absolute Gasteiger partial charge is 0.434 e. The maximum absolute atomic E-state index is 12.8. The minimum Gasteiger partial charge on any atom is -0.458 e. The molecule has 0 aromatic carbocycles. The van der Waals surface area contributed by atoms with Crippen molar-refractivity contribution in [2.24, 2.45) is 23.2 Å². The van der Waals surface area contributed by atoms with E-state index in [9.17, 15) is 72.2 Å². The number of esters is 3. The Kier molecular flexibility index (Phi) is 6.02. The van der Waals surface area contributed by atoms with Crippen molar-refractivity contribution in [3.05, 3.63) is 0 Å². The van der Waals surface area contributed by atoms with Gasteiger partial charge in [-0.1, -0.05) is 0 Å². The number of hydrogen-bond acceptors (Lipinski definition) is 7. The summed E-state index contributed by atoms with van der Waals surface area (Å²) in [6, 6.07) is 0. The molecule has 1 aliphatic heterocycles. The number of aliphatic hydroxyl groups excluding tert-OH is 1. The van der Waals surface area contributed by atoms with Crippen molar-refractivity contribution >= 4 is 17.9 Å². The van der Waals surface area contributed by atoms with Gasteiger partial charge in [-0.05, 0) is 6.42 Å². The van der Waals surface area contributed by atoms with Crippen LogP contribution in [0.15, 0.2) is 0 Å². The van der Waals surface area contributed by atoms with Crippen molar-refractivity contribution in [3.8, 4) is 0 Å². The van der Waals surface area contributed by atoms with Crippen LogP contribution in [0.25, 0.3) is 0 Å². The van der Waals surface area contributed by atoms with E-state index in [4.69, 9.17) is 0 Å². The monoisotopic (exact) mass is 542 g/mol. The maximum Gasteiger partial charge on any atom is 0.434 e. The minimum atomic E-state index is -6.32. The fourth-order valence-corrected chi connectivity index (χ4v) is 4.80. The molecule has 0 aromatic heterocycles. The lowest BCUT2D eigenvalue weighted by atomic mass is 9.66. The van der Waals surface area contributed by atoms with E-state index < -0.39 is 96.6 Å². The van der Waals surface area contributed by atoms with Crippen molar-refractivity contribution in [2.45, 2.75) is 55.5 Å². The number of fused-ring (bicyclic) bond motifs is 1. The fraction of sp³-hybridized carbons (Fsp3) is 0.812. The molecule has 6 atom stereocenters. The maximum atomic E-state index is 12.8. The Morgan fingerprint density at radius 2 is 1.29 bits per heavy atom. The molecule has 7 nitrogen and oxygen atoms in total. The third kappa shape index (κ3) is 4.14. The van der Waals surface area contributed by atoms with Gasteiger partial charge in [0.1, 0.15) is 6.10 Å². The van der Waals surface area contributed by atoms with Gasteiger partial charge >= 0.3 is 42.6 Å². The van der Waals surface area contributed by atoms with Crippen LogP contribution in [-0.2, 0) is 28.6 Å². The molecule has 1 N–H and O–H groups in total. The zero-order chi connectivity index (χ0) is 27.1. The first-order chi connectivity index (χ1) is 15.6. The number of halogens is 12.